The maximum atomic E-state index is 13.3. The van der Waals surface area contributed by atoms with Gasteiger partial charge in [0.25, 0.3) is 0 Å². The lowest BCUT2D eigenvalue weighted by molar-refractivity contribution is -0.142. The van der Waals surface area contributed by atoms with Gasteiger partial charge in [0.15, 0.2) is 6.04 Å². The van der Waals surface area contributed by atoms with Crippen molar-refractivity contribution in [3.8, 4) is 5.75 Å². The third-order valence-electron chi connectivity index (χ3n) is 5.65. The van der Waals surface area contributed by atoms with Gasteiger partial charge in [-0.2, -0.15) is 0 Å². The zero-order valence-corrected chi connectivity index (χ0v) is 21.0. The predicted molar refractivity (Wildman–Crippen MR) is 135 cm³/mol. The van der Waals surface area contributed by atoms with Crippen molar-refractivity contribution in [1.29, 1.82) is 0 Å². The lowest BCUT2D eigenvalue weighted by Crippen LogP contribution is -2.57. The summed E-state index contributed by atoms with van der Waals surface area (Å²) in [6.07, 6.45) is 2.28. The molecule has 0 radical (unpaired) electrons. The van der Waals surface area contributed by atoms with Gasteiger partial charge in [-0.05, 0) is 37.1 Å². The van der Waals surface area contributed by atoms with E-state index >= 15 is 0 Å². The molecule has 2 amide bonds. The van der Waals surface area contributed by atoms with Crippen LogP contribution in [-0.2, 0) is 20.9 Å². The molecule has 1 aliphatic heterocycles. The molecule has 1 aromatic heterocycles. The molecule has 0 saturated carbocycles. The second kappa shape index (κ2) is 11.7. The number of carbonyl (C=O) groups is 4. The van der Waals surface area contributed by atoms with E-state index in [1.165, 1.54) is 30.5 Å². The Morgan fingerprint density at radius 3 is 2.32 bits per heavy atom. The van der Waals surface area contributed by atoms with Gasteiger partial charge in [0.1, 0.15) is 22.9 Å². The SMILES string of the molecule is CCn1ccn(C(=O)N[C@@H](C(=O)N[C@H](C(=O)O)[C@@H]2NC(C(=O)O)=C(C)CS2)c2ccc(O)cc2)c(=O)c1=O. The van der Waals surface area contributed by atoms with Crippen molar-refractivity contribution < 1.29 is 34.5 Å². The van der Waals surface area contributed by atoms with E-state index in [4.69, 9.17) is 0 Å². The van der Waals surface area contributed by atoms with Gasteiger partial charge < -0.3 is 35.8 Å². The first kappa shape index (κ1) is 28.0. The smallest absolute Gasteiger partial charge is 0.351 e. The van der Waals surface area contributed by atoms with Crippen LogP contribution in [0.25, 0.3) is 0 Å². The summed E-state index contributed by atoms with van der Waals surface area (Å²) in [7, 11) is 0. The fourth-order valence-electron chi connectivity index (χ4n) is 3.60. The van der Waals surface area contributed by atoms with Gasteiger partial charge in [-0.15, -0.1) is 11.8 Å². The van der Waals surface area contributed by atoms with E-state index in [0.717, 1.165) is 22.5 Å². The number of hydrogen-bond acceptors (Lipinski definition) is 9. The number of phenols is 1. The number of hydrogen-bond donors (Lipinski definition) is 6. The number of benzene rings is 1. The molecule has 15 heteroatoms. The highest BCUT2D eigenvalue weighted by atomic mass is 32.2. The average molecular weight is 548 g/mol. The second-order valence-corrected chi connectivity index (χ2v) is 9.33. The van der Waals surface area contributed by atoms with Crippen LogP contribution in [0.3, 0.4) is 0 Å². The number of aryl methyl sites for hydroxylation is 1. The Balaban J connectivity index is 1.92. The standard InChI is InChI=1S/C23H25N5O9S/c1-3-27-8-9-28(20(32)19(27)31)23(37)26-15(12-4-6-13(29)7-5-12)17(30)24-16(22(35)36)18-25-14(21(33)34)11(2)10-38-18/h4-9,15-16,18,25,29H,3,10H2,1-2H3,(H,24,30)(H,26,37)(H,33,34)(H,35,36)/t15-,16+,18-/m1/s1. The van der Waals surface area contributed by atoms with Crippen molar-refractivity contribution in [1.82, 2.24) is 25.1 Å². The van der Waals surface area contributed by atoms with E-state index < -0.39 is 52.5 Å². The Labute approximate surface area is 219 Å². The van der Waals surface area contributed by atoms with Crippen molar-refractivity contribution >= 4 is 35.6 Å². The second-order valence-electron chi connectivity index (χ2n) is 8.20. The van der Waals surface area contributed by atoms with Gasteiger partial charge in [-0.3, -0.25) is 14.4 Å². The van der Waals surface area contributed by atoms with Crippen molar-refractivity contribution in [2.24, 2.45) is 0 Å². The van der Waals surface area contributed by atoms with Crippen LogP contribution >= 0.6 is 11.8 Å². The minimum atomic E-state index is -1.62. The zero-order chi connectivity index (χ0) is 28.1. The Bertz CT molecular complexity index is 1410. The molecular weight excluding hydrogens is 522 g/mol. The number of amides is 2. The molecule has 0 aliphatic carbocycles. The van der Waals surface area contributed by atoms with Crippen LogP contribution in [0.2, 0.25) is 0 Å². The van der Waals surface area contributed by atoms with Crippen molar-refractivity contribution in [3.05, 3.63) is 74.2 Å². The molecule has 202 valence electrons. The summed E-state index contributed by atoms with van der Waals surface area (Å²) >= 11 is 1.07. The van der Waals surface area contributed by atoms with E-state index in [-0.39, 0.29) is 29.3 Å². The summed E-state index contributed by atoms with van der Waals surface area (Å²) < 4.78 is 1.57. The molecule has 3 atom stereocenters. The van der Waals surface area contributed by atoms with E-state index in [9.17, 15) is 44.1 Å². The number of aromatic nitrogens is 2. The third-order valence-corrected chi connectivity index (χ3v) is 7.00. The minimum Gasteiger partial charge on any atom is -0.508 e. The largest absolute Gasteiger partial charge is 0.508 e. The van der Waals surface area contributed by atoms with Gasteiger partial charge in [-0.25, -0.2) is 19.0 Å². The molecule has 1 aliphatic rings. The van der Waals surface area contributed by atoms with Crippen LogP contribution in [0.4, 0.5) is 4.79 Å². The molecule has 2 aromatic rings. The number of phenolic OH excluding ortho intramolecular Hbond substituents is 1. The number of thioether (sulfide) groups is 1. The van der Waals surface area contributed by atoms with Gasteiger partial charge in [-0.1, -0.05) is 12.1 Å². The topological polar surface area (TPSA) is 209 Å². The first-order chi connectivity index (χ1) is 17.9. The van der Waals surface area contributed by atoms with Crippen molar-refractivity contribution in [2.45, 2.75) is 37.8 Å². The zero-order valence-electron chi connectivity index (χ0n) is 20.2. The number of carboxylic acid groups (broad SMARTS) is 2. The lowest BCUT2D eigenvalue weighted by atomic mass is 10.1. The van der Waals surface area contributed by atoms with Gasteiger partial charge in [0.2, 0.25) is 5.91 Å². The molecule has 0 saturated heterocycles. The van der Waals surface area contributed by atoms with Crippen molar-refractivity contribution in [2.75, 3.05) is 5.75 Å². The van der Waals surface area contributed by atoms with Crippen LogP contribution in [0.5, 0.6) is 5.75 Å². The molecule has 0 bridgehead atoms. The fraction of sp³-hybridized carbons (Fsp3) is 0.304. The van der Waals surface area contributed by atoms with Crippen LogP contribution in [0.15, 0.2) is 57.5 Å². The number of nitrogens with zero attached hydrogens (tertiary/aromatic N) is 2. The maximum absolute atomic E-state index is 13.3. The number of aliphatic carboxylic acids is 2. The average Bonchev–Trinajstić information content (AvgIpc) is 2.87. The molecule has 14 nitrogen and oxygen atoms in total. The summed E-state index contributed by atoms with van der Waals surface area (Å²) in [5, 5.41) is 35.0. The number of carbonyl (C=O) groups excluding carboxylic acids is 2. The fourth-order valence-corrected chi connectivity index (χ4v) is 4.75. The highest BCUT2D eigenvalue weighted by Crippen LogP contribution is 2.25. The molecule has 1 aromatic carbocycles. The van der Waals surface area contributed by atoms with Crippen molar-refractivity contribution in [3.63, 3.8) is 0 Å². The number of nitrogens with one attached hydrogen (secondary N) is 3. The summed E-state index contributed by atoms with van der Waals surface area (Å²) in [5.41, 5.74) is -1.69. The van der Waals surface area contributed by atoms with Crippen LogP contribution < -0.4 is 27.1 Å². The Morgan fingerprint density at radius 1 is 1.08 bits per heavy atom. The Hall–Kier alpha value is -4.53. The maximum Gasteiger partial charge on any atom is 0.351 e. The van der Waals surface area contributed by atoms with Crippen LogP contribution in [0, 0.1) is 0 Å². The molecular formula is C23H25N5O9S. The van der Waals surface area contributed by atoms with Gasteiger partial charge in [0.05, 0.1) is 0 Å². The predicted octanol–water partition coefficient (Wildman–Crippen LogP) is -0.375. The molecule has 6 N–H and O–H groups in total. The number of carboxylic acids is 2. The molecule has 0 fully saturated rings. The summed E-state index contributed by atoms with van der Waals surface area (Å²) in [6, 6.07) is 0.753. The normalized spacial score (nSPS) is 16.6. The summed E-state index contributed by atoms with van der Waals surface area (Å²) in [6.45, 7) is 3.40. The highest BCUT2D eigenvalue weighted by Gasteiger charge is 2.37. The van der Waals surface area contributed by atoms with Crippen LogP contribution in [0.1, 0.15) is 25.5 Å². The first-order valence-electron chi connectivity index (χ1n) is 11.2. The summed E-state index contributed by atoms with van der Waals surface area (Å²) in [5.74, 6) is -3.70. The quantitative estimate of drug-likeness (QED) is 0.235. The minimum absolute atomic E-state index is 0.124. The Morgan fingerprint density at radius 2 is 1.74 bits per heavy atom. The van der Waals surface area contributed by atoms with E-state index in [0.29, 0.717) is 10.1 Å². The number of rotatable bonds is 8. The number of aromatic hydroxyl groups is 1. The van der Waals surface area contributed by atoms with E-state index in [1.54, 1.807) is 13.8 Å². The molecule has 2 heterocycles. The van der Waals surface area contributed by atoms with E-state index in [2.05, 4.69) is 16.0 Å². The lowest BCUT2D eigenvalue weighted by Gasteiger charge is -2.31. The van der Waals surface area contributed by atoms with Crippen LogP contribution in [-0.4, -0.2) is 65.5 Å². The third kappa shape index (κ3) is 6.05. The van der Waals surface area contributed by atoms with E-state index in [1.807, 2.05) is 0 Å². The van der Waals surface area contributed by atoms with Gasteiger partial charge >= 0.3 is 29.1 Å². The molecule has 38 heavy (non-hydrogen) atoms. The summed E-state index contributed by atoms with van der Waals surface area (Å²) in [4.78, 5) is 74.4. The molecule has 0 spiro atoms. The molecule has 3 rings (SSSR count). The monoisotopic (exact) mass is 547 g/mol. The molecule has 0 unspecified atom stereocenters. The Kier molecular flexibility index (Phi) is 8.62. The first-order valence-corrected chi connectivity index (χ1v) is 12.3. The van der Waals surface area contributed by atoms with Gasteiger partial charge in [0, 0.05) is 24.7 Å². The highest BCUT2D eigenvalue weighted by molar-refractivity contribution is 8.00.